The van der Waals surface area contributed by atoms with Crippen LogP contribution in [0.3, 0.4) is 0 Å². The SMILES string of the molecule is CC(=O)Nc1ccc(C2=C(O)C(=O)N(C)C2=O)cc1. The molecule has 0 fully saturated rings. The summed E-state index contributed by atoms with van der Waals surface area (Å²) in [6.07, 6.45) is 0. The van der Waals surface area contributed by atoms with Crippen LogP contribution in [-0.2, 0) is 14.4 Å². The van der Waals surface area contributed by atoms with E-state index >= 15 is 0 Å². The highest BCUT2D eigenvalue weighted by Crippen LogP contribution is 2.27. The van der Waals surface area contributed by atoms with Crippen molar-refractivity contribution in [1.29, 1.82) is 0 Å². The number of imide groups is 1. The molecule has 2 rings (SSSR count). The normalized spacial score (nSPS) is 15.2. The van der Waals surface area contributed by atoms with Crippen molar-refractivity contribution >= 4 is 29.0 Å². The molecule has 2 N–H and O–H groups in total. The van der Waals surface area contributed by atoms with Gasteiger partial charge in [-0.1, -0.05) is 12.1 Å². The lowest BCUT2D eigenvalue weighted by Gasteiger charge is -2.07. The van der Waals surface area contributed by atoms with E-state index in [0.717, 1.165) is 4.90 Å². The molecule has 3 amide bonds. The van der Waals surface area contributed by atoms with E-state index in [4.69, 9.17) is 0 Å². The highest BCUT2D eigenvalue weighted by Gasteiger charge is 2.36. The van der Waals surface area contributed by atoms with E-state index in [2.05, 4.69) is 5.32 Å². The molecule has 98 valence electrons. The van der Waals surface area contributed by atoms with Gasteiger partial charge in [-0.3, -0.25) is 19.3 Å². The second-order valence-electron chi connectivity index (χ2n) is 4.15. The number of benzene rings is 1. The van der Waals surface area contributed by atoms with Crippen molar-refractivity contribution in [2.24, 2.45) is 0 Å². The highest BCUT2D eigenvalue weighted by molar-refractivity contribution is 6.34. The van der Waals surface area contributed by atoms with Crippen molar-refractivity contribution in [3.05, 3.63) is 35.6 Å². The van der Waals surface area contributed by atoms with Crippen LogP contribution in [0, 0.1) is 0 Å². The average molecular weight is 260 g/mol. The lowest BCUT2D eigenvalue weighted by atomic mass is 10.1. The van der Waals surface area contributed by atoms with Crippen molar-refractivity contribution in [2.75, 3.05) is 12.4 Å². The molecule has 0 spiro atoms. The summed E-state index contributed by atoms with van der Waals surface area (Å²) < 4.78 is 0. The Balaban J connectivity index is 2.35. The lowest BCUT2D eigenvalue weighted by Crippen LogP contribution is -2.26. The first kappa shape index (κ1) is 12.8. The molecule has 1 heterocycles. The standard InChI is InChI=1S/C13H12N2O4/c1-7(16)14-9-5-3-8(4-6-9)10-11(17)13(19)15(2)12(10)18/h3-6,17H,1-2H3,(H,14,16). The number of carbonyl (C=O) groups excluding carboxylic acids is 3. The first-order valence-electron chi connectivity index (χ1n) is 5.55. The zero-order valence-corrected chi connectivity index (χ0v) is 10.4. The zero-order chi connectivity index (χ0) is 14.2. The fraction of sp³-hybridized carbons (Fsp3) is 0.154. The third kappa shape index (κ3) is 2.20. The first-order chi connectivity index (χ1) is 8.91. The fourth-order valence-corrected chi connectivity index (χ4v) is 1.81. The number of amides is 3. The predicted molar refractivity (Wildman–Crippen MR) is 68.1 cm³/mol. The first-order valence-corrected chi connectivity index (χ1v) is 5.55. The molecule has 19 heavy (non-hydrogen) atoms. The molecule has 0 aliphatic carbocycles. The monoisotopic (exact) mass is 260 g/mol. The van der Waals surface area contributed by atoms with Gasteiger partial charge in [0.05, 0.1) is 5.57 Å². The van der Waals surface area contributed by atoms with Crippen LogP contribution in [0.2, 0.25) is 0 Å². The summed E-state index contributed by atoms with van der Waals surface area (Å²) in [7, 11) is 1.31. The molecule has 0 unspecified atom stereocenters. The number of likely N-dealkylation sites (N-methyl/N-ethyl adjacent to an activating group) is 1. The Morgan fingerprint density at radius 1 is 1.16 bits per heavy atom. The summed E-state index contributed by atoms with van der Waals surface area (Å²) >= 11 is 0. The highest BCUT2D eigenvalue weighted by atomic mass is 16.3. The van der Waals surface area contributed by atoms with Gasteiger partial charge in [0.2, 0.25) is 5.91 Å². The third-order valence-electron chi connectivity index (χ3n) is 2.76. The van der Waals surface area contributed by atoms with Crippen LogP contribution in [0.4, 0.5) is 5.69 Å². The number of aliphatic hydroxyl groups is 1. The van der Waals surface area contributed by atoms with Gasteiger partial charge >= 0.3 is 0 Å². The minimum absolute atomic E-state index is 0.0260. The topological polar surface area (TPSA) is 86.7 Å². The van der Waals surface area contributed by atoms with Gasteiger partial charge in [0, 0.05) is 19.7 Å². The van der Waals surface area contributed by atoms with Crippen molar-refractivity contribution in [3.8, 4) is 0 Å². The number of anilines is 1. The number of nitrogens with zero attached hydrogens (tertiary/aromatic N) is 1. The molecule has 0 atom stereocenters. The molecule has 1 aliphatic rings. The molecule has 0 bridgehead atoms. The van der Waals surface area contributed by atoms with Crippen molar-refractivity contribution < 1.29 is 19.5 Å². The second kappa shape index (κ2) is 4.56. The Morgan fingerprint density at radius 3 is 2.16 bits per heavy atom. The van der Waals surface area contributed by atoms with Crippen LogP contribution in [0.1, 0.15) is 12.5 Å². The van der Waals surface area contributed by atoms with E-state index in [9.17, 15) is 19.5 Å². The van der Waals surface area contributed by atoms with Gasteiger partial charge in [-0.05, 0) is 17.7 Å². The Hall–Kier alpha value is -2.63. The van der Waals surface area contributed by atoms with Gasteiger partial charge in [-0.15, -0.1) is 0 Å². The summed E-state index contributed by atoms with van der Waals surface area (Å²) in [5.74, 6) is -2.03. The maximum atomic E-state index is 11.8. The van der Waals surface area contributed by atoms with Gasteiger partial charge < -0.3 is 10.4 Å². The van der Waals surface area contributed by atoms with Gasteiger partial charge in [-0.2, -0.15) is 0 Å². The summed E-state index contributed by atoms with van der Waals surface area (Å²) in [4.78, 5) is 35.0. The maximum absolute atomic E-state index is 11.8. The van der Waals surface area contributed by atoms with Crippen LogP contribution in [0.25, 0.3) is 5.57 Å². The average Bonchev–Trinajstić information content (AvgIpc) is 2.55. The van der Waals surface area contributed by atoms with Crippen molar-refractivity contribution in [1.82, 2.24) is 4.90 Å². The molecule has 1 aromatic rings. The summed E-state index contributed by atoms with van der Waals surface area (Å²) in [5.41, 5.74) is 0.970. The van der Waals surface area contributed by atoms with Crippen LogP contribution in [0.5, 0.6) is 0 Å². The molecule has 0 saturated carbocycles. The molecule has 0 aromatic heterocycles. The second-order valence-corrected chi connectivity index (χ2v) is 4.15. The molecule has 0 saturated heterocycles. The van der Waals surface area contributed by atoms with E-state index in [1.54, 1.807) is 24.3 Å². The third-order valence-corrected chi connectivity index (χ3v) is 2.76. The Bertz CT molecular complexity index is 602. The van der Waals surface area contributed by atoms with Crippen LogP contribution in [-0.4, -0.2) is 34.8 Å². The molecule has 0 radical (unpaired) electrons. The van der Waals surface area contributed by atoms with E-state index in [-0.39, 0.29) is 11.5 Å². The van der Waals surface area contributed by atoms with E-state index < -0.39 is 17.6 Å². The van der Waals surface area contributed by atoms with E-state index in [1.807, 2.05) is 0 Å². The largest absolute Gasteiger partial charge is 0.502 e. The molecule has 6 nitrogen and oxygen atoms in total. The number of aliphatic hydroxyl groups excluding tert-OH is 1. The summed E-state index contributed by atoms with van der Waals surface area (Å²) in [6.45, 7) is 1.39. The van der Waals surface area contributed by atoms with Crippen LogP contribution < -0.4 is 5.32 Å². The zero-order valence-electron chi connectivity index (χ0n) is 10.4. The van der Waals surface area contributed by atoms with Crippen molar-refractivity contribution in [2.45, 2.75) is 6.92 Å². The maximum Gasteiger partial charge on any atom is 0.296 e. The van der Waals surface area contributed by atoms with E-state index in [1.165, 1.54) is 14.0 Å². The number of nitrogens with one attached hydrogen (secondary N) is 1. The fourth-order valence-electron chi connectivity index (χ4n) is 1.81. The van der Waals surface area contributed by atoms with Crippen LogP contribution >= 0.6 is 0 Å². The lowest BCUT2D eigenvalue weighted by molar-refractivity contribution is -0.136. The molecular formula is C13H12N2O4. The van der Waals surface area contributed by atoms with Gasteiger partial charge in [0.1, 0.15) is 0 Å². The number of carbonyl (C=O) groups is 3. The Kier molecular flexibility index (Phi) is 3.08. The summed E-state index contributed by atoms with van der Waals surface area (Å²) in [6, 6.07) is 6.29. The molecule has 1 aliphatic heterocycles. The van der Waals surface area contributed by atoms with Gasteiger partial charge in [0.15, 0.2) is 5.76 Å². The molecule has 6 heteroatoms. The van der Waals surface area contributed by atoms with Crippen LogP contribution in [0.15, 0.2) is 30.0 Å². The van der Waals surface area contributed by atoms with Crippen molar-refractivity contribution in [3.63, 3.8) is 0 Å². The Labute approximate surface area is 109 Å². The Morgan fingerprint density at radius 2 is 1.74 bits per heavy atom. The number of hydrogen-bond acceptors (Lipinski definition) is 4. The number of hydrogen-bond donors (Lipinski definition) is 2. The smallest absolute Gasteiger partial charge is 0.296 e. The van der Waals surface area contributed by atoms with Gasteiger partial charge in [-0.25, -0.2) is 0 Å². The number of rotatable bonds is 2. The molecular weight excluding hydrogens is 248 g/mol. The minimum atomic E-state index is -0.717. The predicted octanol–water partition coefficient (Wildman–Crippen LogP) is 0.913. The minimum Gasteiger partial charge on any atom is -0.502 e. The van der Waals surface area contributed by atoms with Gasteiger partial charge in [0.25, 0.3) is 11.8 Å². The molecule has 1 aromatic carbocycles. The summed E-state index contributed by atoms with van der Waals surface area (Å²) in [5, 5.41) is 12.2. The quantitative estimate of drug-likeness (QED) is 0.774. The van der Waals surface area contributed by atoms with E-state index in [0.29, 0.717) is 11.3 Å².